The number of hydrogen-bond donors (Lipinski definition) is 2. The van der Waals surface area contributed by atoms with E-state index in [9.17, 15) is 9.59 Å². The lowest BCUT2D eigenvalue weighted by atomic mass is 9.92. The Hall–Kier alpha value is -1.30. The average molecular weight is 228 g/mol. The van der Waals surface area contributed by atoms with Gasteiger partial charge < -0.3 is 9.64 Å². The minimum atomic E-state index is -0.341. The first kappa shape index (κ1) is 11.2. The molecule has 2 N–H and O–H groups in total. The number of likely N-dealkylation sites (tertiary alicyclic amines) is 1. The van der Waals surface area contributed by atoms with Gasteiger partial charge in [0.05, 0.1) is 7.11 Å². The first-order valence-electron chi connectivity index (χ1n) is 5.40. The molecule has 2 fully saturated rings. The summed E-state index contributed by atoms with van der Waals surface area (Å²) in [5.41, 5.74) is 1.56. The largest absolute Gasteiger partial charge is 0.453 e. The van der Waals surface area contributed by atoms with E-state index >= 15 is 0 Å². The number of rotatable bonds is 1. The normalized spacial score (nSPS) is 32.4. The zero-order valence-corrected chi connectivity index (χ0v) is 9.23. The second-order valence-corrected chi connectivity index (χ2v) is 4.59. The Morgan fingerprint density at radius 2 is 2.31 bits per heavy atom. The van der Waals surface area contributed by atoms with Gasteiger partial charge in [0.15, 0.2) is 0 Å². The van der Waals surface area contributed by atoms with Gasteiger partial charge in [0, 0.05) is 24.4 Å². The maximum absolute atomic E-state index is 11.4. The summed E-state index contributed by atoms with van der Waals surface area (Å²) in [6.07, 6.45) is 2.21. The monoisotopic (exact) mass is 228 g/mol. The fourth-order valence-corrected chi connectivity index (χ4v) is 2.69. The number of amides is 2. The van der Waals surface area contributed by atoms with E-state index in [0.717, 1.165) is 19.3 Å². The van der Waals surface area contributed by atoms with Gasteiger partial charge in [0.1, 0.15) is 0 Å². The first-order valence-corrected chi connectivity index (χ1v) is 5.40. The number of nitrogens with one attached hydrogen (secondary N) is 1. The summed E-state index contributed by atoms with van der Waals surface area (Å²) in [6.45, 7) is 1.24. The van der Waals surface area contributed by atoms with Gasteiger partial charge in [-0.3, -0.25) is 10.0 Å². The van der Waals surface area contributed by atoms with E-state index in [1.165, 1.54) is 7.11 Å². The highest BCUT2D eigenvalue weighted by Gasteiger charge is 2.59. The highest BCUT2D eigenvalue weighted by Crippen LogP contribution is 2.57. The second kappa shape index (κ2) is 3.93. The third-order valence-corrected chi connectivity index (χ3v) is 3.66. The molecule has 6 nitrogen and oxygen atoms in total. The summed E-state index contributed by atoms with van der Waals surface area (Å²) >= 11 is 0. The number of hydroxylamine groups is 1. The van der Waals surface area contributed by atoms with Crippen molar-refractivity contribution in [2.45, 2.75) is 19.3 Å². The van der Waals surface area contributed by atoms with Crippen molar-refractivity contribution in [1.29, 1.82) is 0 Å². The highest BCUT2D eigenvalue weighted by atomic mass is 16.5. The van der Waals surface area contributed by atoms with E-state index in [-0.39, 0.29) is 23.3 Å². The minimum Gasteiger partial charge on any atom is -0.453 e. The summed E-state index contributed by atoms with van der Waals surface area (Å²) in [4.78, 5) is 24.3. The van der Waals surface area contributed by atoms with Crippen molar-refractivity contribution in [2.24, 2.45) is 11.3 Å². The van der Waals surface area contributed by atoms with Crippen molar-refractivity contribution in [3.05, 3.63) is 0 Å². The van der Waals surface area contributed by atoms with Gasteiger partial charge in [0.2, 0.25) is 5.91 Å². The lowest BCUT2D eigenvalue weighted by molar-refractivity contribution is -0.131. The SMILES string of the molecule is COC(=O)N1CCCC2(CC2C(=O)NO)C1. The number of carbonyl (C=O) groups excluding carboxylic acids is 2. The van der Waals surface area contributed by atoms with Crippen LogP contribution >= 0.6 is 0 Å². The molecule has 6 heteroatoms. The molecule has 2 atom stereocenters. The van der Waals surface area contributed by atoms with Crippen LogP contribution in [0.5, 0.6) is 0 Å². The van der Waals surface area contributed by atoms with Crippen LogP contribution < -0.4 is 5.48 Å². The molecule has 1 aliphatic heterocycles. The molecule has 0 aromatic heterocycles. The molecule has 0 radical (unpaired) electrons. The van der Waals surface area contributed by atoms with Crippen LogP contribution in [0.3, 0.4) is 0 Å². The topological polar surface area (TPSA) is 78.9 Å². The molecule has 2 aliphatic rings. The van der Waals surface area contributed by atoms with Gasteiger partial charge in [-0.05, 0) is 19.3 Å². The van der Waals surface area contributed by atoms with Gasteiger partial charge in [0.25, 0.3) is 0 Å². The number of ether oxygens (including phenoxy) is 1. The number of methoxy groups -OCH3 is 1. The molecule has 90 valence electrons. The summed E-state index contributed by atoms with van der Waals surface area (Å²) < 4.78 is 4.67. The van der Waals surface area contributed by atoms with Gasteiger partial charge in [-0.15, -0.1) is 0 Å². The summed E-state index contributed by atoms with van der Waals surface area (Å²) in [5.74, 6) is -0.503. The molecule has 16 heavy (non-hydrogen) atoms. The summed E-state index contributed by atoms with van der Waals surface area (Å²) in [5, 5.41) is 8.58. The first-order chi connectivity index (χ1) is 7.63. The predicted molar refractivity (Wildman–Crippen MR) is 53.7 cm³/mol. The smallest absolute Gasteiger partial charge is 0.409 e. The van der Waals surface area contributed by atoms with Gasteiger partial charge >= 0.3 is 6.09 Å². The lowest BCUT2D eigenvalue weighted by Gasteiger charge is -2.32. The summed E-state index contributed by atoms with van der Waals surface area (Å²) in [6, 6.07) is 0. The number of nitrogens with zero attached hydrogens (tertiary/aromatic N) is 1. The van der Waals surface area contributed by atoms with E-state index in [4.69, 9.17) is 5.21 Å². The van der Waals surface area contributed by atoms with Gasteiger partial charge in [-0.1, -0.05) is 0 Å². The number of carbonyl (C=O) groups is 2. The van der Waals surface area contributed by atoms with E-state index in [1.807, 2.05) is 0 Å². The van der Waals surface area contributed by atoms with Crippen molar-refractivity contribution in [3.63, 3.8) is 0 Å². The van der Waals surface area contributed by atoms with Crippen molar-refractivity contribution in [3.8, 4) is 0 Å². The Kier molecular flexibility index (Phi) is 2.75. The van der Waals surface area contributed by atoms with Crippen LogP contribution in [-0.4, -0.2) is 42.3 Å². The standard InChI is InChI=1S/C10H16N2O4/c1-16-9(14)12-4-2-3-10(6-12)5-7(10)8(13)11-15/h7,15H,2-6H2,1H3,(H,11,13). The van der Waals surface area contributed by atoms with E-state index < -0.39 is 0 Å². The fourth-order valence-electron chi connectivity index (χ4n) is 2.69. The molecule has 1 saturated heterocycles. The van der Waals surface area contributed by atoms with Gasteiger partial charge in [-0.25, -0.2) is 10.3 Å². The second-order valence-electron chi connectivity index (χ2n) is 4.59. The number of piperidine rings is 1. The zero-order chi connectivity index (χ0) is 11.8. The van der Waals surface area contributed by atoms with E-state index in [1.54, 1.807) is 10.4 Å². The maximum Gasteiger partial charge on any atom is 0.409 e. The van der Waals surface area contributed by atoms with Crippen LogP contribution in [0.2, 0.25) is 0 Å². The summed E-state index contributed by atoms with van der Waals surface area (Å²) in [7, 11) is 1.36. The lowest BCUT2D eigenvalue weighted by Crippen LogP contribution is -2.42. The van der Waals surface area contributed by atoms with Crippen molar-refractivity contribution in [2.75, 3.05) is 20.2 Å². The molecule has 2 amide bonds. The molecule has 1 spiro atoms. The third-order valence-electron chi connectivity index (χ3n) is 3.66. The number of hydrogen-bond acceptors (Lipinski definition) is 4. The molecule has 1 aliphatic carbocycles. The van der Waals surface area contributed by atoms with E-state index in [2.05, 4.69) is 4.74 Å². The Bertz CT molecular complexity index is 320. The van der Waals surface area contributed by atoms with Crippen LogP contribution in [0.15, 0.2) is 0 Å². The van der Waals surface area contributed by atoms with Crippen LogP contribution in [0.1, 0.15) is 19.3 Å². The highest BCUT2D eigenvalue weighted by molar-refractivity contribution is 5.81. The Morgan fingerprint density at radius 3 is 2.94 bits per heavy atom. The van der Waals surface area contributed by atoms with Crippen LogP contribution in [-0.2, 0) is 9.53 Å². The Morgan fingerprint density at radius 1 is 1.56 bits per heavy atom. The minimum absolute atomic E-state index is 0.126. The quantitative estimate of drug-likeness (QED) is 0.501. The van der Waals surface area contributed by atoms with Crippen molar-refractivity contribution in [1.82, 2.24) is 10.4 Å². The molecule has 2 unspecified atom stereocenters. The van der Waals surface area contributed by atoms with Crippen molar-refractivity contribution < 1.29 is 19.5 Å². The maximum atomic E-state index is 11.4. The molecular weight excluding hydrogens is 212 g/mol. The third kappa shape index (κ3) is 1.73. The zero-order valence-electron chi connectivity index (χ0n) is 9.23. The molecule has 1 heterocycles. The van der Waals surface area contributed by atoms with Crippen LogP contribution in [0.4, 0.5) is 4.79 Å². The van der Waals surface area contributed by atoms with Gasteiger partial charge in [-0.2, -0.15) is 0 Å². The predicted octanol–water partition coefficient (Wildman–Crippen LogP) is 0.360. The molecular formula is C10H16N2O4. The molecule has 0 aromatic carbocycles. The Labute approximate surface area is 93.5 Å². The van der Waals surface area contributed by atoms with Crippen LogP contribution in [0, 0.1) is 11.3 Å². The average Bonchev–Trinajstić information content (AvgIpc) is 3.00. The molecule has 1 saturated carbocycles. The fraction of sp³-hybridized carbons (Fsp3) is 0.800. The van der Waals surface area contributed by atoms with E-state index in [0.29, 0.717) is 13.1 Å². The molecule has 2 rings (SSSR count). The molecule has 0 aromatic rings. The van der Waals surface area contributed by atoms with Crippen LogP contribution in [0.25, 0.3) is 0 Å². The molecule has 0 bridgehead atoms. The van der Waals surface area contributed by atoms with Crippen molar-refractivity contribution >= 4 is 12.0 Å². The Balaban J connectivity index is 1.99.